The van der Waals surface area contributed by atoms with Gasteiger partial charge in [0.1, 0.15) is 16.4 Å². The Morgan fingerprint density at radius 2 is 1.97 bits per heavy atom. The standard InChI is InChI=1S/C23H24F3N5OS2.CH5N/c1-15-28-14-19(33-15)22(32)27-13-7-10-17-21(34-23(24,25)26)18-11-6-12-20(31(18)30-17)29-16-8-4-2-3-5-9-16;1-2/h6,11-12,14,16,29H,2-5,8-9,13H2,1H3,(H,27,32);2H2,1H3. The van der Waals surface area contributed by atoms with Gasteiger partial charge >= 0.3 is 5.51 Å². The molecule has 3 aromatic heterocycles. The smallest absolute Gasteiger partial charge is 0.367 e. The molecule has 0 radical (unpaired) electrons. The third-order valence-electron chi connectivity index (χ3n) is 5.43. The quantitative estimate of drug-likeness (QED) is 0.235. The van der Waals surface area contributed by atoms with Gasteiger partial charge in [-0.1, -0.05) is 37.7 Å². The van der Waals surface area contributed by atoms with Crippen molar-refractivity contribution in [1.82, 2.24) is 19.9 Å². The van der Waals surface area contributed by atoms with E-state index in [1.54, 1.807) is 19.1 Å². The zero-order valence-electron chi connectivity index (χ0n) is 20.1. The van der Waals surface area contributed by atoms with Crippen molar-refractivity contribution < 1.29 is 18.0 Å². The van der Waals surface area contributed by atoms with Crippen molar-refractivity contribution in [3.05, 3.63) is 40.0 Å². The summed E-state index contributed by atoms with van der Waals surface area (Å²) in [6, 6.07) is 5.42. The van der Waals surface area contributed by atoms with Gasteiger partial charge in [-0.3, -0.25) is 4.79 Å². The Kier molecular flexibility index (Phi) is 10.0. The van der Waals surface area contributed by atoms with Gasteiger partial charge in [0.2, 0.25) is 0 Å². The fourth-order valence-electron chi connectivity index (χ4n) is 3.89. The van der Waals surface area contributed by atoms with Crippen LogP contribution in [0, 0.1) is 18.8 Å². The second-order valence-electron chi connectivity index (χ2n) is 7.99. The summed E-state index contributed by atoms with van der Waals surface area (Å²) in [5.41, 5.74) is 0.387. The molecule has 3 heterocycles. The maximum absolute atomic E-state index is 13.3. The van der Waals surface area contributed by atoms with Crippen molar-refractivity contribution in [3.63, 3.8) is 0 Å². The average molecular weight is 539 g/mol. The van der Waals surface area contributed by atoms with Gasteiger partial charge in [0.05, 0.1) is 28.2 Å². The number of thiazole rings is 1. The van der Waals surface area contributed by atoms with E-state index < -0.39 is 5.51 Å². The predicted octanol–water partition coefficient (Wildman–Crippen LogP) is 5.20. The number of hydrogen-bond donors (Lipinski definition) is 3. The van der Waals surface area contributed by atoms with Crippen LogP contribution in [0.4, 0.5) is 19.0 Å². The molecule has 7 nitrogen and oxygen atoms in total. The van der Waals surface area contributed by atoms with Crippen molar-refractivity contribution >= 4 is 40.3 Å². The van der Waals surface area contributed by atoms with Crippen molar-refractivity contribution in [1.29, 1.82) is 0 Å². The number of carbonyl (C=O) groups is 1. The van der Waals surface area contributed by atoms with Crippen molar-refractivity contribution in [2.24, 2.45) is 5.73 Å². The molecule has 4 rings (SSSR count). The number of pyridine rings is 1. The number of amides is 1. The van der Waals surface area contributed by atoms with Crippen LogP contribution >= 0.6 is 23.1 Å². The first-order valence-electron chi connectivity index (χ1n) is 11.6. The highest BCUT2D eigenvalue weighted by Gasteiger charge is 2.33. The zero-order valence-corrected chi connectivity index (χ0v) is 21.7. The Hall–Kier alpha value is -2.75. The molecule has 0 saturated heterocycles. The number of aromatic nitrogens is 3. The fraction of sp³-hybridized carbons (Fsp3) is 0.458. The number of nitrogens with zero attached hydrogens (tertiary/aromatic N) is 3. The Labute approximate surface area is 216 Å². The lowest BCUT2D eigenvalue weighted by Gasteiger charge is -2.18. The normalized spacial score (nSPS) is 14.3. The number of thioether (sulfide) groups is 1. The summed E-state index contributed by atoms with van der Waals surface area (Å²) in [7, 11) is 1.50. The number of anilines is 1. The summed E-state index contributed by atoms with van der Waals surface area (Å²) >= 11 is 1.03. The highest BCUT2D eigenvalue weighted by atomic mass is 32.2. The molecule has 1 fully saturated rings. The van der Waals surface area contributed by atoms with Gasteiger partial charge in [-0.15, -0.1) is 11.3 Å². The van der Waals surface area contributed by atoms with Crippen LogP contribution < -0.4 is 16.4 Å². The molecule has 12 heteroatoms. The molecule has 0 aliphatic heterocycles. The van der Waals surface area contributed by atoms with E-state index in [9.17, 15) is 18.0 Å². The predicted molar refractivity (Wildman–Crippen MR) is 138 cm³/mol. The van der Waals surface area contributed by atoms with Crippen LogP contribution in [0.5, 0.6) is 0 Å². The van der Waals surface area contributed by atoms with Crippen LogP contribution in [0.25, 0.3) is 5.52 Å². The molecule has 3 aromatic rings. The number of carbonyl (C=O) groups excluding carboxylic acids is 1. The molecule has 1 aliphatic carbocycles. The first-order chi connectivity index (χ1) is 17.3. The third kappa shape index (κ3) is 7.62. The Morgan fingerprint density at radius 3 is 2.61 bits per heavy atom. The molecular weight excluding hydrogens is 509 g/mol. The Bertz CT molecular complexity index is 1220. The van der Waals surface area contributed by atoms with Crippen LogP contribution in [-0.4, -0.2) is 45.6 Å². The van der Waals surface area contributed by atoms with E-state index in [2.05, 4.69) is 38.3 Å². The lowest BCUT2D eigenvalue weighted by Crippen LogP contribution is -2.22. The Morgan fingerprint density at radius 1 is 1.25 bits per heavy atom. The van der Waals surface area contributed by atoms with Crippen LogP contribution in [0.2, 0.25) is 0 Å². The highest BCUT2D eigenvalue weighted by molar-refractivity contribution is 8.00. The molecule has 0 bridgehead atoms. The minimum atomic E-state index is -4.48. The molecule has 4 N–H and O–H groups in total. The summed E-state index contributed by atoms with van der Waals surface area (Å²) in [5.74, 6) is 5.78. The minimum Gasteiger partial charge on any atom is -0.367 e. The summed E-state index contributed by atoms with van der Waals surface area (Å²) < 4.78 is 41.5. The van der Waals surface area contributed by atoms with E-state index in [0.29, 0.717) is 16.2 Å². The molecule has 0 atom stereocenters. The summed E-state index contributed by atoms with van der Waals surface area (Å²) in [4.78, 5) is 16.6. The molecule has 1 amide bonds. The monoisotopic (exact) mass is 538 g/mol. The molecule has 0 unspecified atom stereocenters. The largest absolute Gasteiger partial charge is 0.446 e. The second-order valence-corrected chi connectivity index (χ2v) is 10.3. The van der Waals surface area contributed by atoms with Gasteiger partial charge in [0.15, 0.2) is 0 Å². The maximum Gasteiger partial charge on any atom is 0.446 e. The first kappa shape index (κ1) is 27.8. The SMILES string of the molecule is CN.Cc1ncc(C(=O)NCC#Cc2nn3c(NC4CCCCCC4)cccc3c2SC(F)(F)F)s1. The van der Waals surface area contributed by atoms with E-state index in [4.69, 9.17) is 0 Å². The van der Waals surface area contributed by atoms with Crippen molar-refractivity contribution in [2.45, 2.75) is 61.9 Å². The highest BCUT2D eigenvalue weighted by Crippen LogP contribution is 2.41. The summed E-state index contributed by atoms with van der Waals surface area (Å²) in [6.07, 6.45) is 8.19. The first-order valence-corrected chi connectivity index (χ1v) is 13.2. The minimum absolute atomic E-state index is 0.0209. The number of nitrogens with one attached hydrogen (secondary N) is 2. The van der Waals surface area contributed by atoms with E-state index >= 15 is 0 Å². The summed E-state index contributed by atoms with van der Waals surface area (Å²) in [6.45, 7) is 1.77. The lowest BCUT2D eigenvalue weighted by molar-refractivity contribution is -0.0327. The topological polar surface area (TPSA) is 97.3 Å². The third-order valence-corrected chi connectivity index (χ3v) is 7.18. The van der Waals surface area contributed by atoms with Gasteiger partial charge in [0.25, 0.3) is 5.91 Å². The van der Waals surface area contributed by atoms with Crippen molar-refractivity contribution in [2.75, 3.05) is 18.9 Å². The van der Waals surface area contributed by atoms with E-state index in [0.717, 1.165) is 30.7 Å². The number of nitrogens with two attached hydrogens (primary N) is 1. The molecular formula is C24H29F3N6OS2. The number of aryl methyl sites for hydroxylation is 1. The van der Waals surface area contributed by atoms with Gasteiger partial charge < -0.3 is 16.4 Å². The number of alkyl halides is 3. The number of rotatable bonds is 5. The molecule has 0 spiro atoms. The molecule has 36 heavy (non-hydrogen) atoms. The van der Waals surface area contributed by atoms with Gasteiger partial charge in [-0.25, -0.2) is 9.50 Å². The lowest BCUT2D eigenvalue weighted by atomic mass is 10.1. The van der Waals surface area contributed by atoms with Gasteiger partial charge in [0, 0.05) is 6.04 Å². The van der Waals surface area contributed by atoms with Gasteiger partial charge in [-0.2, -0.15) is 18.3 Å². The molecule has 194 valence electrons. The maximum atomic E-state index is 13.3. The van der Waals surface area contributed by atoms with Crippen LogP contribution in [0.3, 0.4) is 0 Å². The number of fused-ring (bicyclic) bond motifs is 1. The average Bonchev–Trinajstić information content (AvgIpc) is 3.32. The van der Waals surface area contributed by atoms with E-state index in [1.165, 1.54) is 41.9 Å². The zero-order chi connectivity index (χ0) is 26.1. The molecule has 1 saturated carbocycles. The van der Waals surface area contributed by atoms with E-state index in [-0.39, 0.29) is 40.8 Å². The Balaban J connectivity index is 0.00000176. The van der Waals surface area contributed by atoms with E-state index in [1.807, 2.05) is 6.07 Å². The van der Waals surface area contributed by atoms with Crippen molar-refractivity contribution in [3.8, 4) is 11.8 Å². The fourth-order valence-corrected chi connectivity index (χ4v) is 5.27. The van der Waals surface area contributed by atoms with Crippen LogP contribution in [0.1, 0.15) is 58.9 Å². The second kappa shape index (κ2) is 13.0. The van der Waals surface area contributed by atoms with Gasteiger partial charge in [-0.05, 0) is 56.6 Å². The molecule has 1 aliphatic rings. The van der Waals surface area contributed by atoms with Crippen LogP contribution in [-0.2, 0) is 0 Å². The summed E-state index contributed by atoms with van der Waals surface area (Å²) in [5, 5.41) is 11.3. The number of halogens is 3. The number of hydrogen-bond acceptors (Lipinski definition) is 7. The molecule has 0 aromatic carbocycles. The van der Waals surface area contributed by atoms with Crippen LogP contribution in [0.15, 0.2) is 29.3 Å².